The van der Waals surface area contributed by atoms with Crippen molar-refractivity contribution in [1.29, 1.82) is 5.26 Å². The second-order valence-electron chi connectivity index (χ2n) is 6.83. The van der Waals surface area contributed by atoms with Gasteiger partial charge >= 0.3 is 0 Å². The van der Waals surface area contributed by atoms with E-state index in [0.29, 0.717) is 16.0 Å². The number of benzene rings is 1. The van der Waals surface area contributed by atoms with E-state index in [4.69, 9.17) is 16.9 Å². The second kappa shape index (κ2) is 7.29. The average Bonchev–Trinajstić information content (AvgIpc) is 2.88. The third kappa shape index (κ3) is 4.46. The first-order valence-corrected chi connectivity index (χ1v) is 8.32. The van der Waals surface area contributed by atoms with E-state index in [1.807, 2.05) is 12.1 Å². The zero-order chi connectivity index (χ0) is 15.3. The molecule has 21 heavy (non-hydrogen) atoms. The Bertz CT molecular complexity index is 510. The molecule has 2 rings (SSSR count). The maximum Gasteiger partial charge on any atom is 0.0992 e. The normalized spacial score (nSPS) is 17.1. The molecule has 1 N–H and O–H groups in total. The Morgan fingerprint density at radius 3 is 2.62 bits per heavy atom. The van der Waals surface area contributed by atoms with E-state index in [-0.39, 0.29) is 0 Å². The molecule has 0 spiro atoms. The van der Waals surface area contributed by atoms with Crippen LogP contribution in [0.15, 0.2) is 18.2 Å². The van der Waals surface area contributed by atoms with Gasteiger partial charge in [-0.3, -0.25) is 0 Å². The van der Waals surface area contributed by atoms with E-state index in [9.17, 15) is 0 Å². The van der Waals surface area contributed by atoms with Crippen molar-refractivity contribution in [3.63, 3.8) is 0 Å². The molecule has 1 aromatic rings. The Morgan fingerprint density at radius 1 is 1.33 bits per heavy atom. The molecule has 1 saturated carbocycles. The summed E-state index contributed by atoms with van der Waals surface area (Å²) in [5.74, 6) is 0.753. The largest absolute Gasteiger partial charge is 0.312 e. The van der Waals surface area contributed by atoms with Gasteiger partial charge in [-0.15, -0.1) is 0 Å². The molecule has 0 aliphatic heterocycles. The fourth-order valence-corrected chi connectivity index (χ4v) is 3.91. The molecule has 0 bridgehead atoms. The zero-order valence-corrected chi connectivity index (χ0v) is 13.8. The van der Waals surface area contributed by atoms with Gasteiger partial charge in [0.2, 0.25) is 0 Å². The molecule has 0 radical (unpaired) electrons. The summed E-state index contributed by atoms with van der Waals surface area (Å²) < 4.78 is 0. The minimum absolute atomic E-state index is 0.479. The molecule has 1 aliphatic carbocycles. The molecule has 2 nitrogen and oxygen atoms in total. The van der Waals surface area contributed by atoms with Crippen molar-refractivity contribution in [2.45, 2.75) is 52.5 Å². The first-order valence-electron chi connectivity index (χ1n) is 7.94. The fourth-order valence-electron chi connectivity index (χ4n) is 3.67. The molecular weight excluding hydrogens is 280 g/mol. The summed E-state index contributed by atoms with van der Waals surface area (Å²) in [7, 11) is 0. The molecule has 0 aromatic heterocycles. The number of rotatable bonds is 6. The van der Waals surface area contributed by atoms with Crippen molar-refractivity contribution in [2.75, 3.05) is 6.54 Å². The van der Waals surface area contributed by atoms with Gasteiger partial charge in [0.05, 0.1) is 11.6 Å². The van der Waals surface area contributed by atoms with Gasteiger partial charge in [0, 0.05) is 18.1 Å². The highest BCUT2D eigenvalue weighted by Crippen LogP contribution is 2.42. The van der Waals surface area contributed by atoms with E-state index in [0.717, 1.165) is 24.6 Å². The quantitative estimate of drug-likeness (QED) is 0.810. The third-order valence-corrected chi connectivity index (χ3v) is 4.85. The van der Waals surface area contributed by atoms with Crippen LogP contribution in [0.5, 0.6) is 0 Å². The molecule has 0 saturated heterocycles. The van der Waals surface area contributed by atoms with E-state index < -0.39 is 0 Å². The molecule has 0 unspecified atom stereocenters. The summed E-state index contributed by atoms with van der Waals surface area (Å²) in [4.78, 5) is 0. The summed E-state index contributed by atoms with van der Waals surface area (Å²) in [6.07, 6.45) is 6.73. The highest BCUT2D eigenvalue weighted by atomic mass is 35.5. The van der Waals surface area contributed by atoms with Gasteiger partial charge in [-0.1, -0.05) is 44.4 Å². The Kier molecular flexibility index (Phi) is 5.67. The summed E-state index contributed by atoms with van der Waals surface area (Å²) in [5, 5.41) is 13.2. The molecule has 1 aromatic carbocycles. The van der Waals surface area contributed by atoms with Crippen LogP contribution in [0.2, 0.25) is 5.02 Å². The van der Waals surface area contributed by atoms with Gasteiger partial charge in [-0.2, -0.15) is 5.26 Å². The van der Waals surface area contributed by atoms with Crippen LogP contribution in [0.3, 0.4) is 0 Å². The number of nitrogens with one attached hydrogen (secondary N) is 1. The number of nitriles is 1. The van der Waals surface area contributed by atoms with Crippen molar-refractivity contribution in [3.8, 4) is 6.07 Å². The van der Waals surface area contributed by atoms with Gasteiger partial charge < -0.3 is 5.32 Å². The lowest BCUT2D eigenvalue weighted by molar-refractivity contribution is 0.223. The second-order valence-corrected chi connectivity index (χ2v) is 7.23. The van der Waals surface area contributed by atoms with E-state index >= 15 is 0 Å². The smallest absolute Gasteiger partial charge is 0.0992 e. The van der Waals surface area contributed by atoms with Gasteiger partial charge in [0.25, 0.3) is 0 Å². The molecule has 0 amide bonds. The molecule has 0 heterocycles. The molecule has 1 aliphatic rings. The minimum Gasteiger partial charge on any atom is -0.312 e. The Labute approximate surface area is 133 Å². The van der Waals surface area contributed by atoms with E-state index in [2.05, 4.69) is 25.2 Å². The lowest BCUT2D eigenvalue weighted by Gasteiger charge is -2.31. The van der Waals surface area contributed by atoms with Crippen LogP contribution in [0, 0.1) is 22.7 Å². The lowest BCUT2D eigenvalue weighted by atomic mass is 9.78. The predicted molar refractivity (Wildman–Crippen MR) is 88.2 cm³/mol. The van der Waals surface area contributed by atoms with Crippen molar-refractivity contribution in [2.24, 2.45) is 11.3 Å². The number of halogens is 1. The van der Waals surface area contributed by atoms with Crippen molar-refractivity contribution >= 4 is 11.6 Å². The van der Waals surface area contributed by atoms with Gasteiger partial charge in [-0.25, -0.2) is 0 Å². The van der Waals surface area contributed by atoms with Crippen LogP contribution in [-0.4, -0.2) is 6.54 Å². The SMILES string of the molecule is CC(C)CC1(CNCc2ccc(C#N)cc2Cl)CCCC1. The standard InChI is InChI=1S/C18H25ClN2/c1-14(2)10-18(7-3-4-8-18)13-21-12-16-6-5-15(11-20)9-17(16)19/h5-6,9,14,21H,3-4,7-8,10,12-13H2,1-2H3. The van der Waals surface area contributed by atoms with Gasteiger partial charge in [0.1, 0.15) is 0 Å². The number of hydrogen-bond donors (Lipinski definition) is 1. The van der Waals surface area contributed by atoms with Gasteiger partial charge in [-0.05, 0) is 48.3 Å². The van der Waals surface area contributed by atoms with Crippen LogP contribution in [-0.2, 0) is 6.54 Å². The van der Waals surface area contributed by atoms with E-state index in [1.165, 1.54) is 32.1 Å². The molecule has 114 valence electrons. The Balaban J connectivity index is 1.92. The van der Waals surface area contributed by atoms with Crippen LogP contribution >= 0.6 is 11.6 Å². The maximum atomic E-state index is 8.87. The third-order valence-electron chi connectivity index (χ3n) is 4.50. The molecular formula is C18H25ClN2. The lowest BCUT2D eigenvalue weighted by Crippen LogP contribution is -2.33. The molecule has 0 atom stereocenters. The summed E-state index contributed by atoms with van der Waals surface area (Å²) in [6.45, 7) is 6.49. The monoisotopic (exact) mass is 304 g/mol. The highest BCUT2D eigenvalue weighted by molar-refractivity contribution is 6.31. The molecule has 3 heteroatoms. The Morgan fingerprint density at radius 2 is 2.05 bits per heavy atom. The average molecular weight is 305 g/mol. The molecule has 1 fully saturated rings. The predicted octanol–water partition coefficient (Wildman–Crippen LogP) is 4.91. The maximum absolute atomic E-state index is 8.87. The van der Waals surface area contributed by atoms with Crippen LogP contribution in [0.25, 0.3) is 0 Å². The number of hydrogen-bond acceptors (Lipinski definition) is 2. The van der Waals surface area contributed by atoms with Crippen LogP contribution in [0.4, 0.5) is 0 Å². The van der Waals surface area contributed by atoms with Crippen LogP contribution < -0.4 is 5.32 Å². The Hall–Kier alpha value is -1.04. The minimum atomic E-state index is 0.479. The highest BCUT2D eigenvalue weighted by Gasteiger charge is 2.33. The number of nitrogens with zero attached hydrogens (tertiary/aromatic N) is 1. The van der Waals surface area contributed by atoms with Crippen LogP contribution in [0.1, 0.15) is 57.1 Å². The van der Waals surface area contributed by atoms with Gasteiger partial charge in [0.15, 0.2) is 0 Å². The van der Waals surface area contributed by atoms with E-state index in [1.54, 1.807) is 6.07 Å². The first kappa shape index (κ1) is 16.3. The summed E-state index contributed by atoms with van der Waals surface area (Å²) in [5.41, 5.74) is 2.18. The zero-order valence-electron chi connectivity index (χ0n) is 13.1. The fraction of sp³-hybridized carbons (Fsp3) is 0.611. The van der Waals surface area contributed by atoms with Crippen molar-refractivity contribution in [1.82, 2.24) is 5.32 Å². The summed E-state index contributed by atoms with van der Waals surface area (Å²) in [6, 6.07) is 7.66. The van der Waals surface area contributed by atoms with Crippen molar-refractivity contribution < 1.29 is 0 Å². The topological polar surface area (TPSA) is 35.8 Å². The van der Waals surface area contributed by atoms with Crippen molar-refractivity contribution in [3.05, 3.63) is 34.3 Å². The summed E-state index contributed by atoms with van der Waals surface area (Å²) >= 11 is 6.23. The first-order chi connectivity index (χ1) is 10.0.